The number of furan rings is 1. The predicted molar refractivity (Wildman–Crippen MR) is 115 cm³/mol. The van der Waals surface area contributed by atoms with Crippen molar-refractivity contribution in [3.63, 3.8) is 0 Å². The number of hydrogen-bond acceptors (Lipinski definition) is 1. The Hall–Kier alpha value is -3.12. The number of para-hydroxylation sites is 1. The molecule has 2 aromatic carbocycles. The third-order valence-corrected chi connectivity index (χ3v) is 5.07. The van der Waals surface area contributed by atoms with Crippen LogP contribution >= 0.6 is 0 Å². The van der Waals surface area contributed by atoms with Crippen LogP contribution in [0.4, 0.5) is 5.69 Å². The van der Waals surface area contributed by atoms with E-state index in [0.29, 0.717) is 22.2 Å². The molecule has 0 aliphatic rings. The first-order chi connectivity index (χ1) is 16.9. The van der Waals surface area contributed by atoms with E-state index in [-0.39, 0.29) is 51.1 Å². The van der Waals surface area contributed by atoms with Crippen LogP contribution in [0.3, 0.4) is 0 Å². The molecule has 0 fully saturated rings. The molecule has 3 heteroatoms. The summed E-state index contributed by atoms with van der Waals surface area (Å²) in [6.45, 7) is 6.64. The van der Waals surface area contributed by atoms with E-state index in [1.807, 2.05) is 0 Å². The Morgan fingerprint density at radius 1 is 1.25 bits per heavy atom. The first kappa shape index (κ1) is 10.4. The molecule has 0 N–H and O–H groups in total. The van der Waals surface area contributed by atoms with Crippen molar-refractivity contribution in [2.24, 2.45) is 7.05 Å². The van der Waals surface area contributed by atoms with Crippen molar-refractivity contribution in [3.8, 4) is 11.3 Å². The van der Waals surface area contributed by atoms with E-state index in [1.54, 1.807) is 43.7 Å². The van der Waals surface area contributed by atoms with E-state index in [1.165, 1.54) is 6.07 Å². The molecule has 2 aromatic heterocycles. The summed E-state index contributed by atoms with van der Waals surface area (Å²) in [5.74, 6) is -2.26. The van der Waals surface area contributed by atoms with Gasteiger partial charge in [0.2, 0.25) is 11.4 Å². The predicted octanol–water partition coefficient (Wildman–Crippen LogP) is 6.68. The SMILES string of the molecule is [2H]c1c(C([2H])(C)C([2H])([2H])[2H])c([2H])c(-c2c(C)cc(C([2H])([2H])[2H])c3c2oc2c([N+]#[C-])cccc23)[n+](C)c1C. The van der Waals surface area contributed by atoms with Gasteiger partial charge in [0.25, 0.3) is 0 Å². The molecule has 2 heterocycles. The van der Waals surface area contributed by atoms with E-state index < -0.39 is 19.6 Å². The fraction of sp³-hybridized carbons (Fsp3) is 0.280. The molecule has 1 unspecified atom stereocenters. The van der Waals surface area contributed by atoms with Crippen LogP contribution in [-0.2, 0) is 7.05 Å². The van der Waals surface area contributed by atoms with Gasteiger partial charge in [-0.3, -0.25) is 0 Å². The highest BCUT2D eigenvalue weighted by atomic mass is 16.3. The zero-order valence-electron chi connectivity index (χ0n) is 25.1. The molecule has 0 saturated heterocycles. The molecule has 0 amide bonds. The number of rotatable bonds is 2. The molecule has 0 aliphatic carbocycles. The second-order valence-corrected chi connectivity index (χ2v) is 6.93. The fourth-order valence-corrected chi connectivity index (χ4v) is 3.55. The van der Waals surface area contributed by atoms with Crippen molar-refractivity contribution in [1.29, 1.82) is 0 Å². The number of fused-ring (bicyclic) bond motifs is 3. The van der Waals surface area contributed by atoms with Gasteiger partial charge in [-0.05, 0) is 36.4 Å². The van der Waals surface area contributed by atoms with Crippen LogP contribution in [0.2, 0.25) is 0 Å². The standard InChI is InChI=1S/C25H25N2O/c1-14(2)18-12-17(5)27(7)21(13-18)23-16(4)11-15(3)22-19-9-8-10-20(26-6)24(19)28-25(22)23/h8-14H,1-5,7H3/q+1/i1D3,3D3,12D,13D,14D. The number of benzene rings is 2. The summed E-state index contributed by atoms with van der Waals surface area (Å²) in [5, 5.41) is 0.714. The van der Waals surface area contributed by atoms with Gasteiger partial charge >= 0.3 is 0 Å². The number of hydrogen-bond donors (Lipinski definition) is 0. The largest absolute Gasteiger partial charge is 0.466 e. The molecule has 0 bridgehead atoms. The third-order valence-electron chi connectivity index (χ3n) is 5.07. The minimum atomic E-state index is -2.82. The van der Waals surface area contributed by atoms with Crippen molar-refractivity contribution in [2.45, 2.75) is 40.4 Å². The molecule has 140 valence electrons. The molecule has 1 atom stereocenters. The normalized spacial score (nSPS) is 19.2. The molecule has 28 heavy (non-hydrogen) atoms. The van der Waals surface area contributed by atoms with Crippen molar-refractivity contribution < 1.29 is 21.3 Å². The molecule has 3 nitrogen and oxygen atoms in total. The molecule has 0 saturated carbocycles. The van der Waals surface area contributed by atoms with Gasteiger partial charge in [-0.25, -0.2) is 4.85 Å². The number of aromatic nitrogens is 1. The second-order valence-electron chi connectivity index (χ2n) is 6.93. The highest BCUT2D eigenvalue weighted by molar-refractivity contribution is 6.14. The van der Waals surface area contributed by atoms with Gasteiger partial charge < -0.3 is 4.42 Å². The lowest BCUT2D eigenvalue weighted by Crippen LogP contribution is -2.35. The van der Waals surface area contributed by atoms with Crippen LogP contribution in [0.15, 0.2) is 40.8 Å². The summed E-state index contributed by atoms with van der Waals surface area (Å²) < 4.78 is 82.2. The summed E-state index contributed by atoms with van der Waals surface area (Å²) in [5.41, 5.74) is 1.63. The van der Waals surface area contributed by atoms with Gasteiger partial charge in [-0.2, -0.15) is 4.57 Å². The summed E-state index contributed by atoms with van der Waals surface area (Å²) in [7, 11) is 1.62. The van der Waals surface area contributed by atoms with Crippen molar-refractivity contribution >= 4 is 27.6 Å². The molecular formula is C25H25N2O+. The van der Waals surface area contributed by atoms with E-state index in [0.717, 1.165) is 6.92 Å². The zero-order chi connectivity index (χ0) is 27.8. The highest BCUT2D eigenvalue weighted by Gasteiger charge is 2.24. The minimum absolute atomic E-state index is 0.0284. The molecule has 0 radical (unpaired) electrons. The summed E-state index contributed by atoms with van der Waals surface area (Å²) >= 11 is 0. The maximum Gasteiger partial charge on any atom is 0.229 e. The van der Waals surface area contributed by atoms with Gasteiger partial charge in [-0.15, -0.1) is 0 Å². The van der Waals surface area contributed by atoms with E-state index in [9.17, 15) is 0 Å². The van der Waals surface area contributed by atoms with Crippen molar-refractivity contribution in [3.05, 3.63) is 70.2 Å². The van der Waals surface area contributed by atoms with E-state index in [4.69, 9.17) is 23.3 Å². The van der Waals surface area contributed by atoms with E-state index in [2.05, 4.69) is 4.85 Å². The Morgan fingerprint density at radius 2 is 2.07 bits per heavy atom. The van der Waals surface area contributed by atoms with Crippen molar-refractivity contribution in [1.82, 2.24) is 0 Å². The maximum absolute atomic E-state index is 9.05. The van der Waals surface area contributed by atoms with Crippen LogP contribution in [0.25, 0.3) is 38.0 Å². The Kier molecular flexibility index (Phi) is 2.42. The lowest BCUT2D eigenvalue weighted by molar-refractivity contribution is -0.666. The summed E-state index contributed by atoms with van der Waals surface area (Å²) in [6, 6.07) is 5.82. The first-order valence-electron chi connectivity index (χ1n) is 13.3. The first-order valence-corrected chi connectivity index (χ1v) is 8.82. The quantitative estimate of drug-likeness (QED) is 0.282. The van der Waals surface area contributed by atoms with Crippen molar-refractivity contribution in [2.75, 3.05) is 0 Å². The van der Waals surface area contributed by atoms with Gasteiger partial charge in [0.05, 0.1) is 14.9 Å². The van der Waals surface area contributed by atoms with Gasteiger partial charge in [-0.1, -0.05) is 38.0 Å². The Labute approximate surface area is 178 Å². The van der Waals surface area contributed by atoms with E-state index >= 15 is 0 Å². The lowest BCUT2D eigenvalue weighted by Gasteiger charge is -2.12. The second kappa shape index (κ2) is 6.49. The average Bonchev–Trinajstić information content (AvgIpc) is 3.16. The molecule has 4 aromatic rings. The van der Waals surface area contributed by atoms with Crippen LogP contribution < -0.4 is 4.57 Å². The highest BCUT2D eigenvalue weighted by Crippen LogP contribution is 2.42. The van der Waals surface area contributed by atoms with Crippen LogP contribution in [0.5, 0.6) is 0 Å². The van der Waals surface area contributed by atoms with Crippen LogP contribution in [-0.4, -0.2) is 0 Å². The van der Waals surface area contributed by atoms with Crippen LogP contribution in [0.1, 0.15) is 54.4 Å². The fourth-order valence-electron chi connectivity index (χ4n) is 3.55. The number of nitrogens with zero attached hydrogens (tertiary/aromatic N) is 2. The van der Waals surface area contributed by atoms with Gasteiger partial charge in [0.15, 0.2) is 5.69 Å². The Morgan fingerprint density at radius 3 is 2.79 bits per heavy atom. The summed E-state index contributed by atoms with van der Waals surface area (Å²) in [6.07, 6.45) is 0. The topological polar surface area (TPSA) is 21.4 Å². The third kappa shape index (κ3) is 2.60. The van der Waals surface area contributed by atoms with Gasteiger partial charge in [0.1, 0.15) is 18.2 Å². The summed E-state index contributed by atoms with van der Waals surface area (Å²) in [4.78, 5) is 3.51. The number of pyridine rings is 1. The average molecular weight is 379 g/mol. The molecular weight excluding hydrogens is 344 g/mol. The Balaban J connectivity index is 2.29. The molecule has 4 rings (SSSR count). The molecule has 0 spiro atoms. The lowest BCUT2D eigenvalue weighted by atomic mass is 9.94. The monoisotopic (exact) mass is 378 g/mol. The number of aryl methyl sites for hydroxylation is 2. The minimum Gasteiger partial charge on any atom is -0.466 e. The maximum atomic E-state index is 9.05. The Bertz CT molecular complexity index is 1640. The molecule has 0 aliphatic heterocycles. The smallest absolute Gasteiger partial charge is 0.229 e. The van der Waals surface area contributed by atoms with Gasteiger partial charge in [0, 0.05) is 39.4 Å². The van der Waals surface area contributed by atoms with Crippen LogP contribution in [0, 0.1) is 27.3 Å². The zero-order valence-corrected chi connectivity index (χ0v) is 16.1.